The van der Waals surface area contributed by atoms with Crippen LogP contribution in [0, 0.1) is 5.41 Å². The summed E-state index contributed by atoms with van der Waals surface area (Å²) in [6.07, 6.45) is 1.18. The van der Waals surface area contributed by atoms with Crippen molar-refractivity contribution in [3.05, 3.63) is 28.2 Å². The molecule has 0 radical (unpaired) electrons. The number of halogens is 1. The van der Waals surface area contributed by atoms with Gasteiger partial charge in [0.05, 0.1) is 0 Å². The number of hydrogen-bond donors (Lipinski definition) is 2. The summed E-state index contributed by atoms with van der Waals surface area (Å²) < 4.78 is 1.03. The summed E-state index contributed by atoms with van der Waals surface area (Å²) in [5.74, 6) is 0. The van der Waals surface area contributed by atoms with E-state index >= 15 is 0 Å². The van der Waals surface area contributed by atoms with Crippen molar-refractivity contribution in [3.8, 4) is 0 Å². The van der Waals surface area contributed by atoms with Crippen LogP contribution in [0.15, 0.2) is 22.7 Å². The first-order valence-corrected chi connectivity index (χ1v) is 6.48. The predicted octanol–water partition coefficient (Wildman–Crippen LogP) is 3.56. The van der Waals surface area contributed by atoms with E-state index in [0.717, 1.165) is 28.8 Å². The van der Waals surface area contributed by atoms with Crippen LogP contribution in [-0.2, 0) is 6.54 Å². The minimum Gasteiger partial charge on any atom is -0.398 e. The van der Waals surface area contributed by atoms with Crippen LogP contribution in [0.3, 0.4) is 0 Å². The first-order chi connectivity index (χ1) is 7.44. The summed E-state index contributed by atoms with van der Waals surface area (Å²) in [7, 11) is 0. The number of anilines is 1. The molecule has 16 heavy (non-hydrogen) atoms. The predicted molar refractivity (Wildman–Crippen MR) is 74.3 cm³/mol. The molecule has 0 aliphatic heterocycles. The molecule has 0 aromatic heterocycles. The lowest BCUT2D eigenvalue weighted by Gasteiger charge is -2.23. The molecule has 1 aromatic carbocycles. The molecule has 0 unspecified atom stereocenters. The highest BCUT2D eigenvalue weighted by Gasteiger charge is 2.14. The van der Waals surface area contributed by atoms with E-state index in [1.165, 1.54) is 6.42 Å². The van der Waals surface area contributed by atoms with E-state index < -0.39 is 0 Å². The maximum Gasteiger partial charge on any atom is 0.0370 e. The van der Waals surface area contributed by atoms with E-state index in [2.05, 4.69) is 48.1 Å². The fourth-order valence-corrected chi connectivity index (χ4v) is 1.77. The molecule has 1 aromatic rings. The quantitative estimate of drug-likeness (QED) is 0.812. The molecule has 0 amide bonds. The zero-order chi connectivity index (χ0) is 12.2. The Hall–Kier alpha value is -0.540. The zero-order valence-electron chi connectivity index (χ0n) is 10.3. The van der Waals surface area contributed by atoms with Gasteiger partial charge in [-0.3, -0.25) is 0 Å². The highest BCUT2D eigenvalue weighted by molar-refractivity contribution is 9.10. The van der Waals surface area contributed by atoms with Crippen LogP contribution in [0.1, 0.15) is 32.8 Å². The Morgan fingerprint density at radius 3 is 2.62 bits per heavy atom. The third-order valence-electron chi connectivity index (χ3n) is 2.98. The number of nitrogens with two attached hydrogens (primary N) is 1. The van der Waals surface area contributed by atoms with Crippen molar-refractivity contribution in [1.82, 2.24) is 5.32 Å². The van der Waals surface area contributed by atoms with Gasteiger partial charge in [-0.25, -0.2) is 0 Å². The normalized spacial score (nSPS) is 11.8. The van der Waals surface area contributed by atoms with Gasteiger partial charge in [-0.05, 0) is 29.5 Å². The lowest BCUT2D eigenvalue weighted by molar-refractivity contribution is 0.328. The Morgan fingerprint density at radius 1 is 1.38 bits per heavy atom. The number of nitrogen functional groups attached to an aromatic ring is 1. The third kappa shape index (κ3) is 4.14. The molecule has 3 N–H and O–H groups in total. The Balaban J connectivity index is 2.49. The van der Waals surface area contributed by atoms with Gasteiger partial charge in [0.25, 0.3) is 0 Å². The molecule has 0 saturated heterocycles. The molecule has 0 bridgehead atoms. The summed E-state index contributed by atoms with van der Waals surface area (Å²) in [5, 5.41) is 3.46. The molecule has 0 spiro atoms. The molecule has 0 fully saturated rings. The summed E-state index contributed by atoms with van der Waals surface area (Å²) >= 11 is 3.41. The van der Waals surface area contributed by atoms with E-state index in [1.54, 1.807) is 0 Å². The fraction of sp³-hybridized carbons (Fsp3) is 0.538. The van der Waals surface area contributed by atoms with Crippen molar-refractivity contribution in [2.45, 2.75) is 33.7 Å². The highest BCUT2D eigenvalue weighted by Crippen LogP contribution is 2.20. The largest absolute Gasteiger partial charge is 0.398 e. The summed E-state index contributed by atoms with van der Waals surface area (Å²) in [4.78, 5) is 0. The Morgan fingerprint density at radius 2 is 2.06 bits per heavy atom. The average Bonchev–Trinajstić information content (AvgIpc) is 2.21. The SMILES string of the molecule is CCC(C)(C)CNCc1ccc(Br)cc1N. The molecule has 3 heteroatoms. The Kier molecular flexibility index (Phi) is 4.81. The smallest absolute Gasteiger partial charge is 0.0370 e. The minimum atomic E-state index is 0.351. The Bertz CT molecular complexity index is 348. The van der Waals surface area contributed by atoms with Crippen LogP contribution in [0.25, 0.3) is 0 Å². The zero-order valence-corrected chi connectivity index (χ0v) is 11.9. The molecule has 0 heterocycles. The summed E-state index contributed by atoms with van der Waals surface area (Å²) in [5.41, 5.74) is 8.29. The lowest BCUT2D eigenvalue weighted by Crippen LogP contribution is -2.28. The molecular formula is C13H21BrN2. The van der Waals surface area contributed by atoms with Crippen LogP contribution in [0.4, 0.5) is 5.69 Å². The molecule has 0 aliphatic carbocycles. The van der Waals surface area contributed by atoms with Gasteiger partial charge < -0.3 is 11.1 Å². The fourth-order valence-electron chi connectivity index (χ4n) is 1.39. The topological polar surface area (TPSA) is 38.0 Å². The van der Waals surface area contributed by atoms with Gasteiger partial charge in [-0.1, -0.05) is 42.8 Å². The first kappa shape index (κ1) is 13.5. The number of nitrogens with one attached hydrogen (secondary N) is 1. The third-order valence-corrected chi connectivity index (χ3v) is 3.48. The molecule has 0 saturated carbocycles. The second-order valence-corrected chi connectivity index (χ2v) is 5.88. The van der Waals surface area contributed by atoms with Crippen molar-refractivity contribution >= 4 is 21.6 Å². The lowest BCUT2D eigenvalue weighted by atomic mass is 9.90. The molecular weight excluding hydrogens is 264 g/mol. The van der Waals surface area contributed by atoms with Crippen molar-refractivity contribution in [2.24, 2.45) is 5.41 Å². The molecule has 0 aliphatic rings. The molecule has 1 rings (SSSR count). The van der Waals surface area contributed by atoms with Gasteiger partial charge in [-0.2, -0.15) is 0 Å². The van der Waals surface area contributed by atoms with Gasteiger partial charge in [-0.15, -0.1) is 0 Å². The highest BCUT2D eigenvalue weighted by atomic mass is 79.9. The minimum absolute atomic E-state index is 0.351. The first-order valence-electron chi connectivity index (χ1n) is 5.69. The van der Waals surface area contributed by atoms with Crippen molar-refractivity contribution in [3.63, 3.8) is 0 Å². The maximum absolute atomic E-state index is 5.93. The second-order valence-electron chi connectivity index (χ2n) is 4.96. The number of hydrogen-bond acceptors (Lipinski definition) is 2. The number of benzene rings is 1. The van der Waals surface area contributed by atoms with Crippen LogP contribution in [0.2, 0.25) is 0 Å². The monoisotopic (exact) mass is 284 g/mol. The standard InChI is InChI=1S/C13H21BrN2/c1-4-13(2,3)9-16-8-10-5-6-11(14)7-12(10)15/h5-7,16H,4,8-9,15H2,1-3H3. The number of rotatable bonds is 5. The van der Waals surface area contributed by atoms with E-state index in [1.807, 2.05) is 12.1 Å². The van der Waals surface area contributed by atoms with Crippen molar-refractivity contribution in [2.75, 3.05) is 12.3 Å². The maximum atomic E-state index is 5.93. The van der Waals surface area contributed by atoms with Crippen LogP contribution in [-0.4, -0.2) is 6.54 Å². The van der Waals surface area contributed by atoms with E-state index in [4.69, 9.17) is 5.73 Å². The Labute approximate surface area is 107 Å². The summed E-state index contributed by atoms with van der Waals surface area (Å²) in [6.45, 7) is 8.60. The molecule has 0 atom stereocenters. The average molecular weight is 285 g/mol. The van der Waals surface area contributed by atoms with E-state index in [-0.39, 0.29) is 0 Å². The van der Waals surface area contributed by atoms with E-state index in [0.29, 0.717) is 5.41 Å². The van der Waals surface area contributed by atoms with Crippen LogP contribution < -0.4 is 11.1 Å². The van der Waals surface area contributed by atoms with Gasteiger partial charge >= 0.3 is 0 Å². The van der Waals surface area contributed by atoms with Crippen LogP contribution >= 0.6 is 15.9 Å². The second kappa shape index (κ2) is 5.69. The molecule has 2 nitrogen and oxygen atoms in total. The van der Waals surface area contributed by atoms with Gasteiger partial charge in [0, 0.05) is 23.2 Å². The van der Waals surface area contributed by atoms with Gasteiger partial charge in [0.1, 0.15) is 0 Å². The van der Waals surface area contributed by atoms with E-state index in [9.17, 15) is 0 Å². The van der Waals surface area contributed by atoms with Gasteiger partial charge in [0.15, 0.2) is 0 Å². The van der Waals surface area contributed by atoms with Gasteiger partial charge in [0.2, 0.25) is 0 Å². The van der Waals surface area contributed by atoms with Crippen molar-refractivity contribution in [1.29, 1.82) is 0 Å². The van der Waals surface area contributed by atoms with Crippen molar-refractivity contribution < 1.29 is 0 Å². The summed E-state index contributed by atoms with van der Waals surface area (Å²) in [6, 6.07) is 6.03. The molecule has 90 valence electrons. The van der Waals surface area contributed by atoms with Crippen LogP contribution in [0.5, 0.6) is 0 Å².